The van der Waals surface area contributed by atoms with E-state index in [1.54, 1.807) is 37.3 Å². The lowest BCUT2D eigenvalue weighted by atomic mass is 10.1. The van der Waals surface area contributed by atoms with Crippen LogP contribution < -0.4 is 10.1 Å². The Bertz CT molecular complexity index is 957. The lowest BCUT2D eigenvalue weighted by Crippen LogP contribution is -2.34. The number of carbonyl (C=O) groups excluding carboxylic acids is 1. The molecule has 0 bridgehead atoms. The molecule has 0 fully saturated rings. The minimum absolute atomic E-state index is 0.143. The molecule has 0 spiro atoms. The van der Waals surface area contributed by atoms with Crippen molar-refractivity contribution in [3.63, 3.8) is 0 Å². The first kappa shape index (κ1) is 20.5. The van der Waals surface area contributed by atoms with Gasteiger partial charge in [0.15, 0.2) is 6.61 Å². The molecular weight excluding hydrogens is 375 g/mol. The molecule has 2 aromatic carbocycles. The van der Waals surface area contributed by atoms with Gasteiger partial charge in [0.2, 0.25) is 11.7 Å². The molecular formula is C21H23FN4O3. The van der Waals surface area contributed by atoms with Crippen LogP contribution in [0.3, 0.4) is 0 Å². The van der Waals surface area contributed by atoms with Crippen LogP contribution in [0.2, 0.25) is 0 Å². The fourth-order valence-electron chi connectivity index (χ4n) is 2.85. The molecule has 1 unspecified atom stereocenters. The highest BCUT2D eigenvalue weighted by Gasteiger charge is 2.16. The number of nitrogens with one attached hydrogen (secondary N) is 1. The van der Waals surface area contributed by atoms with Crippen LogP contribution in [-0.2, 0) is 6.61 Å². The molecule has 152 valence electrons. The van der Waals surface area contributed by atoms with Crippen LogP contribution in [0.15, 0.2) is 53.1 Å². The number of aryl methyl sites for hydroxylation is 1. The van der Waals surface area contributed by atoms with Gasteiger partial charge in [-0.15, -0.1) is 0 Å². The second-order valence-electron chi connectivity index (χ2n) is 6.79. The molecule has 3 aromatic rings. The molecule has 8 heteroatoms. The maximum atomic E-state index is 13.5. The van der Waals surface area contributed by atoms with Gasteiger partial charge in [-0.25, -0.2) is 4.39 Å². The number of hydrogen-bond acceptors (Lipinski definition) is 6. The maximum absolute atomic E-state index is 13.5. The third kappa shape index (κ3) is 5.61. The van der Waals surface area contributed by atoms with E-state index in [-0.39, 0.29) is 24.4 Å². The van der Waals surface area contributed by atoms with Crippen LogP contribution in [-0.4, -0.2) is 41.6 Å². The van der Waals surface area contributed by atoms with Crippen LogP contribution in [0.1, 0.15) is 33.7 Å². The van der Waals surface area contributed by atoms with Crippen molar-refractivity contribution in [3.05, 3.63) is 77.2 Å². The molecule has 0 radical (unpaired) electrons. The minimum atomic E-state index is -0.299. The molecule has 0 saturated heterocycles. The summed E-state index contributed by atoms with van der Waals surface area (Å²) in [6, 6.07) is 13.0. The van der Waals surface area contributed by atoms with Gasteiger partial charge in [0.05, 0.1) is 6.04 Å². The number of aromatic nitrogens is 2. The van der Waals surface area contributed by atoms with E-state index < -0.39 is 0 Å². The van der Waals surface area contributed by atoms with Crippen molar-refractivity contribution in [1.29, 1.82) is 0 Å². The molecule has 0 saturated carbocycles. The van der Waals surface area contributed by atoms with Crippen LogP contribution in [0.5, 0.6) is 5.75 Å². The molecule has 0 aliphatic carbocycles. The molecule has 1 heterocycles. The van der Waals surface area contributed by atoms with Gasteiger partial charge in [-0.05, 0) is 56.1 Å². The average Bonchev–Trinajstić information content (AvgIpc) is 3.12. The summed E-state index contributed by atoms with van der Waals surface area (Å²) in [5.41, 5.74) is 1.31. The molecule has 29 heavy (non-hydrogen) atoms. The minimum Gasteiger partial charge on any atom is -0.485 e. The molecule has 0 aliphatic rings. The number of nitrogens with zero attached hydrogens (tertiary/aromatic N) is 3. The highest BCUT2D eigenvalue weighted by Crippen LogP contribution is 2.19. The first-order valence-electron chi connectivity index (χ1n) is 9.14. The van der Waals surface area contributed by atoms with Crippen LogP contribution in [0.4, 0.5) is 4.39 Å². The Morgan fingerprint density at radius 2 is 2.00 bits per heavy atom. The van der Waals surface area contributed by atoms with Crippen molar-refractivity contribution in [2.75, 3.05) is 20.6 Å². The summed E-state index contributed by atoms with van der Waals surface area (Å²) in [6.45, 7) is 2.24. The second-order valence-corrected chi connectivity index (χ2v) is 6.79. The van der Waals surface area contributed by atoms with E-state index in [9.17, 15) is 9.18 Å². The molecule has 3 rings (SSSR count). The number of carbonyl (C=O) groups is 1. The number of benzene rings is 2. The molecule has 1 amide bonds. The largest absolute Gasteiger partial charge is 0.485 e. The summed E-state index contributed by atoms with van der Waals surface area (Å²) in [5, 5.41) is 6.66. The first-order chi connectivity index (χ1) is 13.9. The van der Waals surface area contributed by atoms with E-state index in [1.807, 2.05) is 25.1 Å². The van der Waals surface area contributed by atoms with Gasteiger partial charge in [0.25, 0.3) is 5.91 Å². The summed E-state index contributed by atoms with van der Waals surface area (Å²) >= 11 is 0. The lowest BCUT2D eigenvalue weighted by molar-refractivity contribution is 0.0942. The van der Waals surface area contributed by atoms with Gasteiger partial charge < -0.3 is 19.5 Å². The Morgan fingerprint density at radius 3 is 2.62 bits per heavy atom. The van der Waals surface area contributed by atoms with Crippen molar-refractivity contribution in [2.24, 2.45) is 0 Å². The molecule has 0 aliphatic heterocycles. The van der Waals surface area contributed by atoms with Crippen LogP contribution >= 0.6 is 0 Å². The fraction of sp³-hybridized carbons (Fsp3) is 0.286. The van der Waals surface area contributed by atoms with E-state index in [4.69, 9.17) is 9.26 Å². The average molecular weight is 398 g/mol. The normalized spacial score (nSPS) is 12.0. The lowest BCUT2D eigenvalue weighted by Gasteiger charge is -2.25. The van der Waals surface area contributed by atoms with Crippen molar-refractivity contribution in [2.45, 2.75) is 19.6 Å². The van der Waals surface area contributed by atoms with Crippen molar-refractivity contribution in [1.82, 2.24) is 20.4 Å². The van der Waals surface area contributed by atoms with E-state index in [1.165, 1.54) is 12.1 Å². The SMILES string of the molecule is Cc1nc(COc2ccc(C(=O)NCC(c3cccc(F)c3)N(C)C)cc2)no1. The van der Waals surface area contributed by atoms with Crippen LogP contribution in [0, 0.1) is 12.7 Å². The zero-order valence-corrected chi connectivity index (χ0v) is 16.6. The summed E-state index contributed by atoms with van der Waals surface area (Å²) < 4.78 is 24.0. The van der Waals surface area contributed by atoms with Gasteiger partial charge in [-0.2, -0.15) is 4.98 Å². The van der Waals surface area contributed by atoms with E-state index in [0.29, 0.717) is 29.6 Å². The van der Waals surface area contributed by atoms with Crippen molar-refractivity contribution in [3.8, 4) is 5.75 Å². The van der Waals surface area contributed by atoms with Gasteiger partial charge in [-0.1, -0.05) is 17.3 Å². The topological polar surface area (TPSA) is 80.5 Å². The van der Waals surface area contributed by atoms with E-state index >= 15 is 0 Å². The highest BCUT2D eigenvalue weighted by molar-refractivity contribution is 5.94. The smallest absolute Gasteiger partial charge is 0.251 e. The van der Waals surface area contributed by atoms with Crippen LogP contribution in [0.25, 0.3) is 0 Å². The van der Waals surface area contributed by atoms with Gasteiger partial charge in [0, 0.05) is 19.0 Å². The quantitative estimate of drug-likeness (QED) is 0.628. The number of ether oxygens (including phenoxy) is 1. The Kier molecular flexibility index (Phi) is 6.56. The number of halogens is 1. The zero-order valence-electron chi connectivity index (χ0n) is 16.6. The summed E-state index contributed by atoms with van der Waals surface area (Å²) in [4.78, 5) is 18.5. The second kappa shape index (κ2) is 9.29. The van der Waals surface area contributed by atoms with E-state index in [0.717, 1.165) is 5.56 Å². The highest BCUT2D eigenvalue weighted by atomic mass is 19.1. The predicted octanol–water partition coefficient (Wildman–Crippen LogP) is 3.13. The maximum Gasteiger partial charge on any atom is 0.251 e. The first-order valence-corrected chi connectivity index (χ1v) is 9.14. The summed E-state index contributed by atoms with van der Waals surface area (Å²) in [6.07, 6.45) is 0. The standard InChI is InChI=1S/C21H23FN4O3/c1-14-24-20(25-29-14)13-28-18-9-7-15(8-10-18)21(27)23-12-19(26(2)3)16-5-4-6-17(22)11-16/h4-11,19H,12-13H2,1-3H3,(H,23,27). The monoisotopic (exact) mass is 398 g/mol. The molecule has 1 N–H and O–H groups in total. The van der Waals surface area contributed by atoms with E-state index in [2.05, 4.69) is 15.5 Å². The Hall–Kier alpha value is -3.26. The Labute approximate surface area is 168 Å². The number of amides is 1. The number of hydrogen-bond donors (Lipinski definition) is 1. The third-order valence-corrected chi connectivity index (χ3v) is 4.37. The molecule has 7 nitrogen and oxygen atoms in total. The molecule has 1 aromatic heterocycles. The Balaban J connectivity index is 1.56. The fourth-order valence-corrected chi connectivity index (χ4v) is 2.85. The summed E-state index contributed by atoms with van der Waals surface area (Å²) in [7, 11) is 3.78. The third-order valence-electron chi connectivity index (χ3n) is 4.37. The van der Waals surface area contributed by atoms with Gasteiger partial charge >= 0.3 is 0 Å². The van der Waals surface area contributed by atoms with Crippen molar-refractivity contribution < 1.29 is 18.4 Å². The van der Waals surface area contributed by atoms with Crippen molar-refractivity contribution >= 4 is 5.91 Å². The van der Waals surface area contributed by atoms with Gasteiger partial charge in [0.1, 0.15) is 11.6 Å². The zero-order chi connectivity index (χ0) is 20.8. The summed E-state index contributed by atoms with van der Waals surface area (Å²) in [5.74, 6) is 1.01. The van der Waals surface area contributed by atoms with Gasteiger partial charge in [-0.3, -0.25) is 4.79 Å². The Morgan fingerprint density at radius 1 is 1.24 bits per heavy atom. The predicted molar refractivity (Wildman–Crippen MR) is 105 cm³/mol. The molecule has 1 atom stereocenters. The number of likely N-dealkylation sites (N-methyl/N-ethyl adjacent to an activating group) is 1. The number of rotatable bonds is 8.